The van der Waals surface area contributed by atoms with Crippen molar-refractivity contribution in [3.05, 3.63) is 22.7 Å². The summed E-state index contributed by atoms with van der Waals surface area (Å²) in [5, 5.41) is 3.21. The number of halogens is 3. The first-order valence-electron chi connectivity index (χ1n) is 5.10. The first-order chi connectivity index (χ1) is 8.08. The fraction of sp³-hybridized carbons (Fsp3) is 0.455. The minimum atomic E-state index is -2.93. The Labute approximate surface area is 104 Å². The largest absolute Gasteiger partial charge is 0.493 e. The van der Waals surface area contributed by atoms with E-state index in [1.807, 2.05) is 6.92 Å². The van der Waals surface area contributed by atoms with Gasteiger partial charge in [-0.1, -0.05) is 18.5 Å². The predicted octanol–water partition coefficient (Wildman–Crippen LogP) is 3.06. The van der Waals surface area contributed by atoms with Crippen LogP contribution in [0.2, 0.25) is 5.02 Å². The van der Waals surface area contributed by atoms with Gasteiger partial charge >= 0.3 is 6.61 Å². The van der Waals surface area contributed by atoms with E-state index in [1.165, 1.54) is 7.11 Å². The Balaban J connectivity index is 2.98. The van der Waals surface area contributed by atoms with Gasteiger partial charge in [-0.15, -0.1) is 0 Å². The summed E-state index contributed by atoms with van der Waals surface area (Å²) < 4.78 is 33.6. The average Bonchev–Trinajstić information content (AvgIpc) is 2.28. The molecule has 0 amide bonds. The van der Waals surface area contributed by atoms with E-state index in [9.17, 15) is 8.78 Å². The highest BCUT2D eigenvalue weighted by Crippen LogP contribution is 2.37. The Morgan fingerprint density at radius 3 is 2.65 bits per heavy atom. The highest BCUT2D eigenvalue weighted by atomic mass is 35.5. The molecular formula is C11H14ClF2NO2. The quantitative estimate of drug-likeness (QED) is 0.858. The van der Waals surface area contributed by atoms with Gasteiger partial charge in [0.2, 0.25) is 0 Å². The van der Waals surface area contributed by atoms with Crippen molar-refractivity contribution in [2.45, 2.75) is 20.1 Å². The molecule has 0 aliphatic heterocycles. The van der Waals surface area contributed by atoms with Crippen LogP contribution in [0.25, 0.3) is 0 Å². The summed E-state index contributed by atoms with van der Waals surface area (Å²) in [5.74, 6) is 0.0649. The topological polar surface area (TPSA) is 30.5 Å². The van der Waals surface area contributed by atoms with E-state index in [4.69, 9.17) is 16.3 Å². The van der Waals surface area contributed by atoms with Crippen molar-refractivity contribution in [3.63, 3.8) is 0 Å². The fourth-order valence-electron chi connectivity index (χ4n) is 1.35. The maximum absolute atomic E-state index is 12.2. The lowest BCUT2D eigenvalue weighted by molar-refractivity contribution is -0.0511. The molecule has 0 aliphatic rings. The molecule has 1 N–H and O–H groups in total. The normalized spacial score (nSPS) is 10.7. The standard InChI is InChI=1S/C11H14ClF2NO2/c1-3-15-6-7-4-8(12)10(17-11(13)14)9(5-7)16-2/h4-5,11,15H,3,6H2,1-2H3. The van der Waals surface area contributed by atoms with Crippen LogP contribution in [0.4, 0.5) is 8.78 Å². The molecule has 0 bridgehead atoms. The van der Waals surface area contributed by atoms with E-state index in [2.05, 4.69) is 10.1 Å². The van der Waals surface area contributed by atoms with Crippen LogP contribution < -0.4 is 14.8 Å². The highest BCUT2D eigenvalue weighted by Gasteiger charge is 2.15. The molecular weight excluding hydrogens is 252 g/mol. The maximum Gasteiger partial charge on any atom is 0.387 e. The number of methoxy groups -OCH3 is 1. The Bertz CT molecular complexity index is 375. The third-order valence-electron chi connectivity index (χ3n) is 2.08. The van der Waals surface area contributed by atoms with Crippen molar-refractivity contribution in [3.8, 4) is 11.5 Å². The van der Waals surface area contributed by atoms with E-state index < -0.39 is 6.61 Å². The van der Waals surface area contributed by atoms with Crippen LogP contribution in [-0.2, 0) is 6.54 Å². The van der Waals surface area contributed by atoms with Crippen molar-refractivity contribution in [1.29, 1.82) is 0 Å². The van der Waals surface area contributed by atoms with Gasteiger partial charge in [0.15, 0.2) is 11.5 Å². The van der Waals surface area contributed by atoms with Gasteiger partial charge in [-0.2, -0.15) is 8.78 Å². The summed E-state index contributed by atoms with van der Waals surface area (Å²) in [6.07, 6.45) is 0. The minimum absolute atomic E-state index is 0.109. The second kappa shape index (κ2) is 6.61. The monoisotopic (exact) mass is 265 g/mol. The van der Waals surface area contributed by atoms with Crippen LogP contribution in [0, 0.1) is 0 Å². The van der Waals surface area contributed by atoms with Crippen molar-refractivity contribution in [2.75, 3.05) is 13.7 Å². The van der Waals surface area contributed by atoms with Crippen molar-refractivity contribution >= 4 is 11.6 Å². The van der Waals surface area contributed by atoms with Crippen molar-refractivity contribution in [1.82, 2.24) is 5.32 Å². The molecule has 0 saturated heterocycles. The highest BCUT2D eigenvalue weighted by molar-refractivity contribution is 6.32. The van der Waals surface area contributed by atoms with Gasteiger partial charge in [-0.3, -0.25) is 0 Å². The summed E-state index contributed by atoms with van der Waals surface area (Å²) in [4.78, 5) is 0. The molecule has 1 aromatic rings. The summed E-state index contributed by atoms with van der Waals surface area (Å²) in [5.41, 5.74) is 0.843. The summed E-state index contributed by atoms with van der Waals surface area (Å²) >= 11 is 5.87. The fourth-order valence-corrected chi connectivity index (χ4v) is 1.63. The Hall–Kier alpha value is -1.07. The number of nitrogens with one attached hydrogen (secondary N) is 1. The van der Waals surface area contributed by atoms with Crippen LogP contribution >= 0.6 is 11.6 Å². The van der Waals surface area contributed by atoms with Crippen molar-refractivity contribution in [2.24, 2.45) is 0 Å². The zero-order chi connectivity index (χ0) is 12.8. The van der Waals surface area contributed by atoms with Gasteiger partial charge < -0.3 is 14.8 Å². The molecule has 1 aromatic carbocycles. The van der Waals surface area contributed by atoms with Gasteiger partial charge in [0, 0.05) is 6.54 Å². The maximum atomic E-state index is 12.2. The second-order valence-electron chi connectivity index (χ2n) is 3.27. The number of benzene rings is 1. The van der Waals surface area contributed by atoms with E-state index in [0.717, 1.165) is 12.1 Å². The molecule has 0 unspecified atom stereocenters. The molecule has 0 radical (unpaired) electrons. The van der Waals surface area contributed by atoms with Gasteiger partial charge in [-0.25, -0.2) is 0 Å². The molecule has 0 spiro atoms. The van der Waals surface area contributed by atoms with Crippen molar-refractivity contribution < 1.29 is 18.3 Å². The molecule has 0 aromatic heterocycles. The lowest BCUT2D eigenvalue weighted by atomic mass is 10.2. The molecule has 0 saturated carbocycles. The number of alkyl halides is 2. The number of hydrogen-bond acceptors (Lipinski definition) is 3. The number of hydrogen-bond donors (Lipinski definition) is 1. The summed E-state index contributed by atoms with van der Waals surface area (Å²) in [7, 11) is 1.38. The molecule has 6 heteroatoms. The SMILES string of the molecule is CCNCc1cc(Cl)c(OC(F)F)c(OC)c1. The van der Waals surface area contributed by atoms with Crippen LogP contribution in [0.1, 0.15) is 12.5 Å². The number of rotatable bonds is 6. The zero-order valence-corrected chi connectivity index (χ0v) is 10.4. The smallest absolute Gasteiger partial charge is 0.387 e. The molecule has 0 aliphatic carbocycles. The van der Waals surface area contributed by atoms with Gasteiger partial charge in [0.05, 0.1) is 12.1 Å². The Morgan fingerprint density at radius 2 is 2.12 bits per heavy atom. The Morgan fingerprint density at radius 1 is 1.41 bits per heavy atom. The molecule has 96 valence electrons. The van der Waals surface area contributed by atoms with E-state index >= 15 is 0 Å². The first-order valence-corrected chi connectivity index (χ1v) is 5.48. The van der Waals surface area contributed by atoms with E-state index in [-0.39, 0.29) is 16.5 Å². The first kappa shape index (κ1) is 14.0. The van der Waals surface area contributed by atoms with E-state index in [1.54, 1.807) is 12.1 Å². The number of ether oxygens (including phenoxy) is 2. The van der Waals surface area contributed by atoms with Gasteiger partial charge in [0.25, 0.3) is 0 Å². The lowest BCUT2D eigenvalue weighted by Gasteiger charge is -2.13. The summed E-state index contributed by atoms with van der Waals surface area (Å²) in [6.45, 7) is 0.421. The second-order valence-corrected chi connectivity index (χ2v) is 3.68. The Kier molecular flexibility index (Phi) is 5.44. The van der Waals surface area contributed by atoms with Gasteiger partial charge in [-0.05, 0) is 24.2 Å². The molecule has 1 rings (SSSR count). The van der Waals surface area contributed by atoms with Gasteiger partial charge in [0.1, 0.15) is 0 Å². The van der Waals surface area contributed by atoms with Crippen LogP contribution in [-0.4, -0.2) is 20.3 Å². The molecule has 3 nitrogen and oxygen atoms in total. The van der Waals surface area contributed by atoms with Crippen LogP contribution in [0.5, 0.6) is 11.5 Å². The molecule has 0 atom stereocenters. The lowest BCUT2D eigenvalue weighted by Crippen LogP contribution is -2.12. The average molecular weight is 266 g/mol. The zero-order valence-electron chi connectivity index (χ0n) is 9.60. The molecule has 0 fully saturated rings. The van der Waals surface area contributed by atoms with Crippen LogP contribution in [0.3, 0.4) is 0 Å². The van der Waals surface area contributed by atoms with Crippen LogP contribution in [0.15, 0.2) is 12.1 Å². The molecule has 17 heavy (non-hydrogen) atoms. The molecule has 0 heterocycles. The minimum Gasteiger partial charge on any atom is -0.493 e. The third kappa shape index (κ3) is 4.02. The third-order valence-corrected chi connectivity index (χ3v) is 2.36. The van der Waals surface area contributed by atoms with E-state index in [0.29, 0.717) is 6.54 Å². The summed E-state index contributed by atoms with van der Waals surface area (Å²) in [6, 6.07) is 3.19. The predicted molar refractivity (Wildman–Crippen MR) is 62.0 cm³/mol.